The van der Waals surface area contributed by atoms with Crippen LogP contribution >= 0.6 is 23.2 Å². The fourth-order valence-corrected chi connectivity index (χ4v) is 2.65. The van der Waals surface area contributed by atoms with Gasteiger partial charge in [0.15, 0.2) is 0 Å². The molecular formula is C14H17Cl2NO3. The summed E-state index contributed by atoms with van der Waals surface area (Å²) in [7, 11) is 0. The molecule has 4 nitrogen and oxygen atoms in total. The van der Waals surface area contributed by atoms with Crippen LogP contribution in [0.15, 0.2) is 12.1 Å². The minimum absolute atomic E-state index is 0.0715. The number of hydrogen-bond acceptors (Lipinski definition) is 4. The van der Waals surface area contributed by atoms with Crippen molar-refractivity contribution in [1.82, 2.24) is 4.90 Å². The Hall–Kier alpha value is -0.970. The molecule has 1 aliphatic rings. The van der Waals surface area contributed by atoms with E-state index < -0.39 is 5.97 Å². The average Bonchev–Trinajstić information content (AvgIpc) is 2.44. The van der Waals surface area contributed by atoms with Crippen molar-refractivity contribution in [2.75, 3.05) is 26.2 Å². The van der Waals surface area contributed by atoms with Crippen LogP contribution in [0.5, 0.6) is 5.75 Å². The van der Waals surface area contributed by atoms with Crippen LogP contribution in [0.1, 0.15) is 29.6 Å². The summed E-state index contributed by atoms with van der Waals surface area (Å²) in [5.41, 5.74) is -0.0715. The number of nitrogens with zero attached hydrogens (tertiary/aromatic N) is 1. The molecule has 1 aromatic carbocycles. The molecule has 0 aromatic heterocycles. The number of halogens is 2. The summed E-state index contributed by atoms with van der Waals surface area (Å²) in [6.45, 7) is 3.06. The van der Waals surface area contributed by atoms with Crippen LogP contribution in [0.3, 0.4) is 0 Å². The SMILES string of the molecule is O=C(OCCN1CCCCC1)c1c(Cl)ccc(Cl)c1O. The first-order valence-corrected chi connectivity index (χ1v) is 7.41. The summed E-state index contributed by atoms with van der Waals surface area (Å²) in [5, 5.41) is 9.98. The number of phenols is 1. The molecule has 1 saturated heterocycles. The van der Waals surface area contributed by atoms with Crippen molar-refractivity contribution in [3.05, 3.63) is 27.7 Å². The molecule has 1 N–H and O–H groups in total. The van der Waals surface area contributed by atoms with E-state index in [2.05, 4.69) is 4.90 Å². The minimum atomic E-state index is -0.646. The van der Waals surface area contributed by atoms with E-state index in [1.54, 1.807) is 0 Å². The van der Waals surface area contributed by atoms with E-state index in [1.807, 2.05) is 0 Å². The van der Waals surface area contributed by atoms with Crippen LogP contribution in [-0.4, -0.2) is 42.2 Å². The fourth-order valence-electron chi connectivity index (χ4n) is 2.26. The molecule has 0 bridgehead atoms. The highest BCUT2D eigenvalue weighted by Crippen LogP contribution is 2.33. The zero-order chi connectivity index (χ0) is 14.5. The lowest BCUT2D eigenvalue weighted by atomic mass is 10.1. The molecule has 1 heterocycles. The molecule has 0 aliphatic carbocycles. The Morgan fingerprint density at radius 1 is 1.20 bits per heavy atom. The number of carbonyl (C=O) groups is 1. The van der Waals surface area contributed by atoms with Crippen molar-refractivity contribution < 1.29 is 14.6 Å². The van der Waals surface area contributed by atoms with Gasteiger partial charge in [0.25, 0.3) is 0 Å². The van der Waals surface area contributed by atoms with Crippen LogP contribution < -0.4 is 0 Å². The summed E-state index contributed by atoms with van der Waals surface area (Å²) in [4.78, 5) is 14.2. The molecule has 0 atom stereocenters. The second kappa shape index (κ2) is 7.16. The van der Waals surface area contributed by atoms with Crippen molar-refractivity contribution in [2.24, 2.45) is 0 Å². The normalized spacial score (nSPS) is 16.1. The Kier molecular flexibility index (Phi) is 5.52. The molecule has 0 saturated carbocycles. The molecule has 1 aliphatic heterocycles. The number of hydrogen-bond donors (Lipinski definition) is 1. The molecular weight excluding hydrogens is 301 g/mol. The van der Waals surface area contributed by atoms with Crippen molar-refractivity contribution in [3.8, 4) is 5.75 Å². The Labute approximate surface area is 128 Å². The first-order valence-electron chi connectivity index (χ1n) is 6.66. The van der Waals surface area contributed by atoms with Crippen molar-refractivity contribution >= 4 is 29.2 Å². The highest BCUT2D eigenvalue weighted by molar-refractivity contribution is 6.36. The monoisotopic (exact) mass is 317 g/mol. The predicted octanol–water partition coefficient (Wildman–Crippen LogP) is 3.34. The van der Waals surface area contributed by atoms with E-state index in [0.717, 1.165) is 13.1 Å². The second-order valence-corrected chi connectivity index (χ2v) is 5.61. The Balaban J connectivity index is 1.90. The number of carbonyl (C=O) groups excluding carboxylic acids is 1. The van der Waals surface area contributed by atoms with E-state index in [4.69, 9.17) is 27.9 Å². The first kappa shape index (κ1) is 15.4. The summed E-state index contributed by atoms with van der Waals surface area (Å²) in [6.07, 6.45) is 3.64. The van der Waals surface area contributed by atoms with Gasteiger partial charge in [-0.05, 0) is 38.1 Å². The van der Waals surface area contributed by atoms with Crippen molar-refractivity contribution in [1.29, 1.82) is 0 Å². The van der Waals surface area contributed by atoms with Gasteiger partial charge in [-0.2, -0.15) is 0 Å². The first-order chi connectivity index (χ1) is 9.59. The van der Waals surface area contributed by atoms with E-state index in [0.29, 0.717) is 6.54 Å². The molecule has 1 fully saturated rings. The number of esters is 1. The van der Waals surface area contributed by atoms with E-state index in [-0.39, 0.29) is 28.0 Å². The maximum atomic E-state index is 11.9. The molecule has 1 aromatic rings. The number of ether oxygens (including phenoxy) is 1. The van der Waals surface area contributed by atoms with Crippen molar-refractivity contribution in [2.45, 2.75) is 19.3 Å². The maximum Gasteiger partial charge on any atom is 0.343 e. The van der Waals surface area contributed by atoms with Gasteiger partial charge in [0, 0.05) is 6.54 Å². The molecule has 0 spiro atoms. The third-order valence-corrected chi connectivity index (χ3v) is 3.99. The predicted molar refractivity (Wildman–Crippen MR) is 78.7 cm³/mol. The Morgan fingerprint density at radius 3 is 2.55 bits per heavy atom. The summed E-state index contributed by atoms with van der Waals surface area (Å²) >= 11 is 11.7. The standard InChI is InChI=1S/C14H17Cl2NO3/c15-10-4-5-11(16)13(18)12(10)14(19)20-9-8-17-6-2-1-3-7-17/h4-5,18H,1-3,6-9H2. The zero-order valence-electron chi connectivity index (χ0n) is 11.1. The molecule has 0 radical (unpaired) electrons. The topological polar surface area (TPSA) is 49.8 Å². The molecule has 110 valence electrons. The lowest BCUT2D eigenvalue weighted by Gasteiger charge is -2.25. The van der Waals surface area contributed by atoms with Crippen molar-refractivity contribution in [3.63, 3.8) is 0 Å². The lowest BCUT2D eigenvalue weighted by molar-refractivity contribution is 0.0449. The number of aromatic hydroxyl groups is 1. The highest BCUT2D eigenvalue weighted by Gasteiger charge is 2.20. The molecule has 2 rings (SSSR count). The quantitative estimate of drug-likeness (QED) is 0.865. The van der Waals surface area contributed by atoms with E-state index in [9.17, 15) is 9.90 Å². The highest BCUT2D eigenvalue weighted by atomic mass is 35.5. The van der Waals surface area contributed by atoms with Gasteiger partial charge in [0.05, 0.1) is 10.0 Å². The molecule has 6 heteroatoms. The second-order valence-electron chi connectivity index (χ2n) is 4.79. The molecule has 0 amide bonds. The van der Waals surface area contributed by atoms with Gasteiger partial charge in [-0.15, -0.1) is 0 Å². The van der Waals surface area contributed by atoms with E-state index >= 15 is 0 Å². The largest absolute Gasteiger partial charge is 0.505 e. The van der Waals surface area contributed by atoms with Gasteiger partial charge >= 0.3 is 5.97 Å². The van der Waals surface area contributed by atoms with Crippen LogP contribution in [0.25, 0.3) is 0 Å². The van der Waals surface area contributed by atoms with Gasteiger partial charge in [-0.1, -0.05) is 29.6 Å². The minimum Gasteiger partial charge on any atom is -0.505 e. The average molecular weight is 318 g/mol. The van der Waals surface area contributed by atoms with Crippen LogP contribution in [0.2, 0.25) is 10.0 Å². The van der Waals surface area contributed by atoms with Crippen LogP contribution in [-0.2, 0) is 4.74 Å². The third-order valence-electron chi connectivity index (χ3n) is 3.37. The van der Waals surface area contributed by atoms with E-state index in [1.165, 1.54) is 31.4 Å². The number of piperidine rings is 1. The number of benzene rings is 1. The lowest BCUT2D eigenvalue weighted by Crippen LogP contribution is -2.33. The van der Waals surface area contributed by atoms with Crippen LogP contribution in [0.4, 0.5) is 0 Å². The van der Waals surface area contributed by atoms with Gasteiger partial charge < -0.3 is 9.84 Å². The summed E-state index contributed by atoms with van der Waals surface area (Å²) in [6, 6.07) is 2.90. The number of likely N-dealkylation sites (tertiary alicyclic amines) is 1. The van der Waals surface area contributed by atoms with Gasteiger partial charge in [0.1, 0.15) is 17.9 Å². The Bertz CT molecular complexity index is 488. The molecule has 0 unspecified atom stereocenters. The summed E-state index contributed by atoms with van der Waals surface area (Å²) < 4.78 is 5.16. The number of rotatable bonds is 4. The molecule has 20 heavy (non-hydrogen) atoms. The third kappa shape index (κ3) is 3.78. The van der Waals surface area contributed by atoms with Gasteiger partial charge in [-0.25, -0.2) is 4.79 Å². The van der Waals surface area contributed by atoms with Gasteiger partial charge in [-0.3, -0.25) is 4.90 Å². The zero-order valence-corrected chi connectivity index (χ0v) is 12.6. The maximum absolute atomic E-state index is 11.9. The Morgan fingerprint density at radius 2 is 1.85 bits per heavy atom. The number of phenolic OH excluding ortho intramolecular Hbond substituents is 1. The summed E-state index contributed by atoms with van der Waals surface area (Å²) in [5.74, 6) is -0.978. The smallest absolute Gasteiger partial charge is 0.343 e. The van der Waals surface area contributed by atoms with Gasteiger partial charge in [0.2, 0.25) is 0 Å². The fraction of sp³-hybridized carbons (Fsp3) is 0.500. The van der Waals surface area contributed by atoms with Crippen LogP contribution in [0, 0.1) is 0 Å².